The second kappa shape index (κ2) is 6.90. The minimum atomic E-state index is 0.0405. The highest BCUT2D eigenvalue weighted by molar-refractivity contribution is 9.10. The fraction of sp³-hybridized carbons (Fsp3) is 0.500. The van der Waals surface area contributed by atoms with Crippen molar-refractivity contribution in [1.29, 1.82) is 0 Å². The topological polar surface area (TPSA) is 41.1 Å². The Morgan fingerprint density at radius 2 is 1.83 bits per heavy atom. The first-order valence-electron chi connectivity index (χ1n) is 6.13. The van der Waals surface area contributed by atoms with Crippen molar-refractivity contribution in [2.75, 3.05) is 18.4 Å². The number of hydrogen-bond donors (Lipinski definition) is 2. The van der Waals surface area contributed by atoms with Crippen molar-refractivity contribution >= 4 is 27.5 Å². The molecule has 0 aliphatic rings. The summed E-state index contributed by atoms with van der Waals surface area (Å²) in [6.45, 7) is 8.13. The highest BCUT2D eigenvalue weighted by Gasteiger charge is 2.09. The van der Waals surface area contributed by atoms with Gasteiger partial charge in [-0.2, -0.15) is 0 Å². The largest absolute Gasteiger partial charge is 0.326 e. The van der Waals surface area contributed by atoms with Crippen LogP contribution in [0.3, 0.4) is 0 Å². The molecular formula is C14H21BrN2O. The summed E-state index contributed by atoms with van der Waals surface area (Å²) < 4.78 is 1.01. The molecule has 0 spiro atoms. The zero-order valence-electron chi connectivity index (χ0n) is 11.2. The molecule has 4 heteroatoms. The van der Waals surface area contributed by atoms with Gasteiger partial charge in [-0.15, -0.1) is 0 Å². The van der Waals surface area contributed by atoms with E-state index in [1.165, 1.54) is 0 Å². The summed E-state index contributed by atoms with van der Waals surface area (Å²) in [6, 6.07) is 7.58. The van der Waals surface area contributed by atoms with Crippen molar-refractivity contribution in [2.24, 2.45) is 5.41 Å². The molecule has 0 aliphatic carbocycles. The Morgan fingerprint density at radius 1 is 1.22 bits per heavy atom. The molecule has 0 saturated carbocycles. The minimum Gasteiger partial charge on any atom is -0.326 e. The summed E-state index contributed by atoms with van der Waals surface area (Å²) in [7, 11) is 0. The summed E-state index contributed by atoms with van der Waals surface area (Å²) in [6.07, 6.45) is 0.492. The SMILES string of the molecule is CC(C)(C)CNCCC(=O)Nc1ccc(Br)cc1. The van der Waals surface area contributed by atoms with Gasteiger partial charge in [0.25, 0.3) is 0 Å². The van der Waals surface area contributed by atoms with Gasteiger partial charge in [-0.25, -0.2) is 0 Å². The lowest BCUT2D eigenvalue weighted by atomic mass is 9.97. The highest BCUT2D eigenvalue weighted by Crippen LogP contribution is 2.14. The van der Waals surface area contributed by atoms with Gasteiger partial charge < -0.3 is 10.6 Å². The smallest absolute Gasteiger partial charge is 0.225 e. The van der Waals surface area contributed by atoms with Gasteiger partial charge in [0.2, 0.25) is 5.91 Å². The van der Waals surface area contributed by atoms with E-state index < -0.39 is 0 Å². The zero-order chi connectivity index (χ0) is 13.6. The van der Waals surface area contributed by atoms with Crippen molar-refractivity contribution < 1.29 is 4.79 Å². The first-order valence-corrected chi connectivity index (χ1v) is 6.92. The molecule has 0 bridgehead atoms. The van der Waals surface area contributed by atoms with Crippen LogP contribution in [0.25, 0.3) is 0 Å². The fourth-order valence-corrected chi connectivity index (χ4v) is 1.69. The quantitative estimate of drug-likeness (QED) is 0.818. The Hall–Kier alpha value is -0.870. The van der Waals surface area contributed by atoms with E-state index in [1.807, 2.05) is 24.3 Å². The summed E-state index contributed by atoms with van der Waals surface area (Å²) in [5.41, 5.74) is 1.08. The Morgan fingerprint density at radius 3 is 2.39 bits per heavy atom. The van der Waals surface area contributed by atoms with Gasteiger partial charge in [0.1, 0.15) is 0 Å². The third kappa shape index (κ3) is 6.77. The number of rotatable bonds is 5. The number of benzene rings is 1. The lowest BCUT2D eigenvalue weighted by Gasteiger charge is -2.18. The lowest BCUT2D eigenvalue weighted by Crippen LogP contribution is -2.29. The molecule has 0 radical (unpaired) electrons. The molecule has 0 atom stereocenters. The zero-order valence-corrected chi connectivity index (χ0v) is 12.8. The number of anilines is 1. The van der Waals surface area contributed by atoms with Crippen LogP contribution in [-0.4, -0.2) is 19.0 Å². The molecule has 3 nitrogen and oxygen atoms in total. The Bertz CT molecular complexity index is 382. The molecule has 0 saturated heterocycles. The van der Waals surface area contributed by atoms with Crippen LogP contribution in [0.1, 0.15) is 27.2 Å². The lowest BCUT2D eigenvalue weighted by molar-refractivity contribution is -0.116. The van der Waals surface area contributed by atoms with Crippen LogP contribution < -0.4 is 10.6 Å². The number of hydrogen-bond acceptors (Lipinski definition) is 2. The maximum Gasteiger partial charge on any atom is 0.225 e. The van der Waals surface area contributed by atoms with Crippen molar-refractivity contribution in [2.45, 2.75) is 27.2 Å². The highest BCUT2D eigenvalue weighted by atomic mass is 79.9. The number of nitrogens with one attached hydrogen (secondary N) is 2. The Balaban J connectivity index is 2.24. The van der Waals surface area contributed by atoms with Crippen molar-refractivity contribution in [3.05, 3.63) is 28.7 Å². The van der Waals surface area contributed by atoms with Gasteiger partial charge in [-0.05, 0) is 29.7 Å². The normalized spacial score (nSPS) is 11.3. The summed E-state index contributed by atoms with van der Waals surface area (Å²) in [5, 5.41) is 6.15. The number of amides is 1. The van der Waals surface area contributed by atoms with E-state index in [9.17, 15) is 4.79 Å². The van der Waals surface area contributed by atoms with Crippen LogP contribution in [0, 0.1) is 5.41 Å². The van der Waals surface area contributed by atoms with Gasteiger partial charge in [0.15, 0.2) is 0 Å². The van der Waals surface area contributed by atoms with Crippen molar-refractivity contribution in [3.8, 4) is 0 Å². The third-order valence-corrected chi connectivity index (χ3v) is 2.84. The monoisotopic (exact) mass is 312 g/mol. The fourth-order valence-electron chi connectivity index (χ4n) is 1.42. The summed E-state index contributed by atoms with van der Waals surface area (Å²) in [5.74, 6) is 0.0405. The molecule has 0 aromatic heterocycles. The summed E-state index contributed by atoms with van der Waals surface area (Å²) >= 11 is 3.36. The van der Waals surface area contributed by atoms with Crippen LogP contribution in [-0.2, 0) is 4.79 Å². The van der Waals surface area contributed by atoms with Crippen LogP contribution >= 0.6 is 15.9 Å². The van der Waals surface area contributed by atoms with Crippen LogP contribution in [0.4, 0.5) is 5.69 Å². The third-order valence-electron chi connectivity index (χ3n) is 2.31. The van der Waals surface area contributed by atoms with E-state index in [4.69, 9.17) is 0 Å². The van der Waals surface area contributed by atoms with Gasteiger partial charge in [0.05, 0.1) is 0 Å². The maximum absolute atomic E-state index is 11.7. The molecule has 18 heavy (non-hydrogen) atoms. The maximum atomic E-state index is 11.7. The molecule has 1 aromatic rings. The van der Waals surface area contributed by atoms with Crippen molar-refractivity contribution in [3.63, 3.8) is 0 Å². The Kier molecular flexibility index (Phi) is 5.82. The first kappa shape index (κ1) is 15.2. The number of halogens is 1. The predicted molar refractivity (Wildman–Crippen MR) is 79.7 cm³/mol. The van der Waals surface area contributed by atoms with E-state index in [0.29, 0.717) is 13.0 Å². The van der Waals surface area contributed by atoms with Gasteiger partial charge in [-0.1, -0.05) is 36.7 Å². The average Bonchev–Trinajstić information content (AvgIpc) is 2.26. The molecule has 2 N–H and O–H groups in total. The first-order chi connectivity index (χ1) is 8.37. The Labute approximate surface area is 117 Å². The van der Waals surface area contributed by atoms with Crippen molar-refractivity contribution in [1.82, 2.24) is 5.32 Å². The molecule has 1 aromatic carbocycles. The van der Waals surface area contributed by atoms with E-state index in [1.54, 1.807) is 0 Å². The average molecular weight is 313 g/mol. The minimum absolute atomic E-state index is 0.0405. The second-order valence-electron chi connectivity index (χ2n) is 5.54. The predicted octanol–water partition coefficient (Wildman–Crippen LogP) is 3.41. The van der Waals surface area contributed by atoms with Gasteiger partial charge >= 0.3 is 0 Å². The number of carbonyl (C=O) groups is 1. The molecule has 0 aliphatic heterocycles. The van der Waals surface area contributed by atoms with E-state index in [0.717, 1.165) is 16.7 Å². The molecule has 1 amide bonds. The van der Waals surface area contributed by atoms with Gasteiger partial charge in [-0.3, -0.25) is 4.79 Å². The molecule has 100 valence electrons. The van der Waals surface area contributed by atoms with Gasteiger partial charge in [0, 0.05) is 29.7 Å². The van der Waals surface area contributed by atoms with Crippen LogP contribution in [0.15, 0.2) is 28.7 Å². The molecule has 0 unspecified atom stereocenters. The van der Waals surface area contributed by atoms with Crippen LogP contribution in [0.5, 0.6) is 0 Å². The van der Waals surface area contributed by atoms with E-state index in [-0.39, 0.29) is 11.3 Å². The van der Waals surface area contributed by atoms with E-state index >= 15 is 0 Å². The second-order valence-corrected chi connectivity index (χ2v) is 6.46. The van der Waals surface area contributed by atoms with E-state index in [2.05, 4.69) is 47.3 Å². The molecular weight excluding hydrogens is 292 g/mol. The summed E-state index contributed by atoms with van der Waals surface area (Å²) in [4.78, 5) is 11.7. The standard InChI is InChI=1S/C14H21BrN2O/c1-14(2,3)10-16-9-8-13(18)17-12-6-4-11(15)5-7-12/h4-7,16H,8-10H2,1-3H3,(H,17,18). The van der Waals surface area contributed by atoms with Crippen LogP contribution in [0.2, 0.25) is 0 Å². The number of carbonyl (C=O) groups excluding carboxylic acids is 1. The molecule has 1 rings (SSSR count). The molecule has 0 heterocycles. The molecule has 0 fully saturated rings.